The summed E-state index contributed by atoms with van der Waals surface area (Å²) in [5.74, 6) is -0.437. The Morgan fingerprint density at radius 2 is 1.92 bits per heavy atom. The number of fused-ring (bicyclic) bond motifs is 1. The van der Waals surface area contributed by atoms with E-state index in [1.807, 2.05) is 24.3 Å². The summed E-state index contributed by atoms with van der Waals surface area (Å²) in [4.78, 5) is 9.36. The van der Waals surface area contributed by atoms with E-state index in [4.69, 9.17) is 9.40 Å². The number of nitrogens with zero attached hydrogens (tertiary/aromatic N) is 7. The predicted molar refractivity (Wildman–Crippen MR) is 120 cm³/mol. The fourth-order valence-corrected chi connectivity index (χ4v) is 3.99. The third kappa shape index (κ3) is 4.24. The Morgan fingerprint density at radius 1 is 1.03 bits per heavy atom. The lowest BCUT2D eigenvalue weighted by molar-refractivity contribution is 0.116. The number of alkyl halides is 2. The predicted octanol–water partition coefficient (Wildman–Crippen LogP) is 3.55. The molecular weight excluding hydrogens is 475 g/mol. The normalized spacial score (nSPS) is 13.3. The van der Waals surface area contributed by atoms with E-state index in [1.165, 1.54) is 16.9 Å². The molecule has 0 spiro atoms. The standard InChI is InChI=1S/C23H18F3N9O/c24-16-9-14(22-31-32-23(36-22)19(25)26)4-5-15(16)11-35-33-21(30-34-35)13-3-1-2-12(8-13)20-28-17-6-7-27-10-18(17)29-20/h1-5,8-9,19,27H,6-7,10-11H2,(H,28,29). The Bertz CT molecular complexity index is 1520. The van der Waals surface area contributed by atoms with Crippen LogP contribution in [0.1, 0.15) is 29.3 Å². The van der Waals surface area contributed by atoms with Gasteiger partial charge in [-0.25, -0.2) is 9.37 Å². The molecule has 0 unspecified atom stereocenters. The molecular formula is C23H18F3N9O. The van der Waals surface area contributed by atoms with Crippen LogP contribution in [0.5, 0.6) is 0 Å². The average molecular weight is 493 g/mol. The molecule has 5 aromatic rings. The van der Waals surface area contributed by atoms with E-state index < -0.39 is 18.1 Å². The maximum absolute atomic E-state index is 14.7. The van der Waals surface area contributed by atoms with Crippen molar-refractivity contribution in [1.29, 1.82) is 0 Å². The number of rotatable bonds is 6. The average Bonchev–Trinajstić information content (AvgIpc) is 3.65. The minimum atomic E-state index is -2.90. The van der Waals surface area contributed by atoms with Crippen LogP contribution in [0.3, 0.4) is 0 Å². The molecule has 0 saturated carbocycles. The van der Waals surface area contributed by atoms with Gasteiger partial charge in [-0.15, -0.1) is 20.4 Å². The zero-order valence-corrected chi connectivity index (χ0v) is 18.6. The first-order valence-corrected chi connectivity index (χ1v) is 11.1. The minimum absolute atomic E-state index is 0.0167. The van der Waals surface area contributed by atoms with Gasteiger partial charge in [-0.2, -0.15) is 13.6 Å². The first-order chi connectivity index (χ1) is 17.5. The van der Waals surface area contributed by atoms with Gasteiger partial charge in [-0.3, -0.25) is 0 Å². The van der Waals surface area contributed by atoms with Crippen LogP contribution in [0.15, 0.2) is 46.9 Å². The van der Waals surface area contributed by atoms with E-state index in [9.17, 15) is 13.2 Å². The quantitative estimate of drug-likeness (QED) is 0.368. The number of tetrazole rings is 1. The van der Waals surface area contributed by atoms with Gasteiger partial charge in [0.2, 0.25) is 11.7 Å². The Morgan fingerprint density at radius 3 is 2.72 bits per heavy atom. The number of aromatic amines is 1. The summed E-state index contributed by atoms with van der Waals surface area (Å²) in [5.41, 5.74) is 4.27. The second-order valence-corrected chi connectivity index (χ2v) is 8.21. The zero-order valence-electron chi connectivity index (χ0n) is 18.6. The van der Waals surface area contributed by atoms with Crippen LogP contribution in [0.2, 0.25) is 0 Å². The molecule has 2 N–H and O–H groups in total. The molecule has 0 amide bonds. The molecule has 182 valence electrons. The van der Waals surface area contributed by atoms with Gasteiger partial charge in [0, 0.05) is 41.8 Å². The van der Waals surface area contributed by atoms with Crippen molar-refractivity contribution in [2.24, 2.45) is 0 Å². The number of halogens is 3. The molecule has 0 atom stereocenters. The molecule has 36 heavy (non-hydrogen) atoms. The fourth-order valence-electron chi connectivity index (χ4n) is 3.99. The summed E-state index contributed by atoms with van der Waals surface area (Å²) in [7, 11) is 0. The molecule has 1 aliphatic heterocycles. The topological polar surface area (TPSA) is 123 Å². The fraction of sp³-hybridized carbons (Fsp3) is 0.217. The van der Waals surface area contributed by atoms with Crippen LogP contribution in [-0.4, -0.2) is 46.9 Å². The van der Waals surface area contributed by atoms with Crippen LogP contribution in [0, 0.1) is 5.82 Å². The van der Waals surface area contributed by atoms with Gasteiger partial charge in [0.15, 0.2) is 0 Å². The number of benzene rings is 2. The summed E-state index contributed by atoms with van der Waals surface area (Å²) in [5, 5.41) is 22.6. The lowest BCUT2D eigenvalue weighted by Gasteiger charge is -2.09. The van der Waals surface area contributed by atoms with Crippen molar-refractivity contribution in [1.82, 2.24) is 45.7 Å². The van der Waals surface area contributed by atoms with E-state index in [0.29, 0.717) is 5.82 Å². The van der Waals surface area contributed by atoms with Gasteiger partial charge in [-0.05, 0) is 23.4 Å². The van der Waals surface area contributed by atoms with E-state index >= 15 is 0 Å². The lowest BCUT2D eigenvalue weighted by atomic mass is 10.1. The minimum Gasteiger partial charge on any atom is -0.415 e. The Hall–Kier alpha value is -4.39. The van der Waals surface area contributed by atoms with Crippen molar-refractivity contribution >= 4 is 0 Å². The van der Waals surface area contributed by atoms with Gasteiger partial charge >= 0.3 is 6.43 Å². The molecule has 1 aliphatic rings. The number of hydrogen-bond acceptors (Lipinski definition) is 8. The number of imidazole rings is 1. The molecule has 0 saturated heterocycles. The summed E-state index contributed by atoms with van der Waals surface area (Å²) in [6, 6.07) is 11.7. The van der Waals surface area contributed by atoms with Crippen LogP contribution in [0.4, 0.5) is 13.2 Å². The van der Waals surface area contributed by atoms with Gasteiger partial charge in [0.1, 0.15) is 11.6 Å². The summed E-state index contributed by atoms with van der Waals surface area (Å²) < 4.78 is 44.9. The van der Waals surface area contributed by atoms with Crippen molar-refractivity contribution in [2.45, 2.75) is 25.9 Å². The largest absolute Gasteiger partial charge is 0.415 e. The molecule has 0 radical (unpaired) electrons. The maximum atomic E-state index is 14.7. The van der Waals surface area contributed by atoms with E-state index in [-0.39, 0.29) is 23.6 Å². The SMILES string of the molecule is Fc1cc(-c2nnc(C(F)F)o2)ccc1Cn1nnc(-c2cccc(-c3nc4c([nH]3)CNCC4)c2)n1. The smallest absolute Gasteiger partial charge is 0.314 e. The third-order valence-corrected chi connectivity index (χ3v) is 5.79. The summed E-state index contributed by atoms with van der Waals surface area (Å²) in [6.07, 6.45) is -2.02. The molecule has 10 nitrogen and oxygen atoms in total. The molecule has 6 rings (SSSR count). The zero-order chi connectivity index (χ0) is 24.6. The maximum Gasteiger partial charge on any atom is 0.314 e. The van der Waals surface area contributed by atoms with Gasteiger partial charge in [0.05, 0.1) is 17.9 Å². The molecule has 0 aliphatic carbocycles. The molecule has 3 aromatic heterocycles. The van der Waals surface area contributed by atoms with Crippen LogP contribution >= 0.6 is 0 Å². The Balaban J connectivity index is 1.20. The third-order valence-electron chi connectivity index (χ3n) is 5.79. The van der Waals surface area contributed by atoms with E-state index in [2.05, 4.69) is 35.9 Å². The molecule has 13 heteroatoms. The second-order valence-electron chi connectivity index (χ2n) is 8.21. The number of hydrogen-bond donors (Lipinski definition) is 2. The Kier molecular flexibility index (Phi) is 5.52. The highest BCUT2D eigenvalue weighted by Gasteiger charge is 2.19. The van der Waals surface area contributed by atoms with Crippen molar-refractivity contribution in [3.05, 3.63) is 71.1 Å². The molecule has 0 bridgehead atoms. The van der Waals surface area contributed by atoms with Crippen molar-refractivity contribution in [2.75, 3.05) is 6.54 Å². The summed E-state index contributed by atoms with van der Waals surface area (Å²) in [6.45, 7) is 1.69. The number of nitrogens with one attached hydrogen (secondary N) is 2. The highest BCUT2D eigenvalue weighted by molar-refractivity contribution is 5.66. The van der Waals surface area contributed by atoms with Crippen molar-refractivity contribution < 1.29 is 17.6 Å². The highest BCUT2D eigenvalue weighted by Crippen LogP contribution is 2.26. The molecule has 0 fully saturated rings. The molecule has 4 heterocycles. The van der Waals surface area contributed by atoms with Crippen molar-refractivity contribution in [3.8, 4) is 34.2 Å². The van der Waals surface area contributed by atoms with Crippen LogP contribution in [-0.2, 0) is 19.5 Å². The summed E-state index contributed by atoms with van der Waals surface area (Å²) >= 11 is 0. The first kappa shape index (κ1) is 22.1. The molecule has 2 aromatic carbocycles. The Labute approximate surface area is 201 Å². The van der Waals surface area contributed by atoms with Gasteiger partial charge < -0.3 is 14.7 Å². The number of H-pyrrole nitrogens is 1. The van der Waals surface area contributed by atoms with Gasteiger partial charge in [-0.1, -0.05) is 24.3 Å². The lowest BCUT2D eigenvalue weighted by Crippen LogP contribution is -2.23. The first-order valence-electron chi connectivity index (χ1n) is 11.1. The van der Waals surface area contributed by atoms with E-state index in [0.717, 1.165) is 53.9 Å². The highest BCUT2D eigenvalue weighted by atomic mass is 19.3. The van der Waals surface area contributed by atoms with Crippen molar-refractivity contribution in [3.63, 3.8) is 0 Å². The van der Waals surface area contributed by atoms with E-state index in [1.54, 1.807) is 0 Å². The van der Waals surface area contributed by atoms with Crippen LogP contribution in [0.25, 0.3) is 34.2 Å². The second kappa shape index (κ2) is 9.00. The number of aromatic nitrogens is 8. The van der Waals surface area contributed by atoms with Crippen LogP contribution < -0.4 is 5.32 Å². The van der Waals surface area contributed by atoms with Gasteiger partial charge in [0.25, 0.3) is 5.89 Å². The monoisotopic (exact) mass is 493 g/mol.